The van der Waals surface area contributed by atoms with E-state index in [9.17, 15) is 13.2 Å². The van der Waals surface area contributed by atoms with Gasteiger partial charge in [0, 0.05) is 5.92 Å². The topological polar surface area (TPSA) is 75.3 Å². The van der Waals surface area contributed by atoms with E-state index in [4.69, 9.17) is 0 Å². The van der Waals surface area contributed by atoms with Crippen molar-refractivity contribution >= 4 is 21.6 Å². The maximum atomic E-state index is 12.6. The van der Waals surface area contributed by atoms with Crippen LogP contribution in [0.5, 0.6) is 0 Å². The molecule has 2 bridgehead atoms. The first-order chi connectivity index (χ1) is 10.8. The zero-order valence-corrected chi connectivity index (χ0v) is 14.4. The Kier molecular flexibility index (Phi) is 4.36. The number of nitrogens with one attached hydrogen (secondary N) is 2. The molecule has 2 N–H and O–H groups in total. The van der Waals surface area contributed by atoms with Gasteiger partial charge in [0.25, 0.3) is 0 Å². The van der Waals surface area contributed by atoms with Crippen LogP contribution >= 0.6 is 0 Å². The molecule has 126 valence electrons. The Morgan fingerprint density at radius 3 is 2.57 bits per heavy atom. The highest BCUT2D eigenvalue weighted by Gasteiger charge is 2.43. The van der Waals surface area contributed by atoms with Gasteiger partial charge in [0.05, 0.1) is 18.0 Å². The molecule has 3 rings (SSSR count). The van der Waals surface area contributed by atoms with Crippen molar-refractivity contribution in [2.75, 3.05) is 11.0 Å². The van der Waals surface area contributed by atoms with Crippen LogP contribution in [-0.4, -0.2) is 20.6 Å². The maximum absolute atomic E-state index is 12.6. The first-order valence-electron chi connectivity index (χ1n) is 8.20. The van der Waals surface area contributed by atoms with Crippen LogP contribution in [-0.2, 0) is 14.8 Å². The molecule has 5 nitrogen and oxygen atoms in total. The summed E-state index contributed by atoms with van der Waals surface area (Å²) in [6.45, 7) is 1.90. The van der Waals surface area contributed by atoms with Gasteiger partial charge in [0.15, 0.2) is 0 Å². The van der Waals surface area contributed by atoms with E-state index in [1.165, 1.54) is 19.3 Å². The molecule has 23 heavy (non-hydrogen) atoms. The SMILES string of the molecule is C[C@H](NC(=O)[C@@H]1C[C@H]2CC[C@H]1C2)c1ccccc1NS(C)(=O)=O. The molecule has 1 aromatic carbocycles. The van der Waals surface area contributed by atoms with E-state index in [0.29, 0.717) is 11.6 Å². The number of hydrogen-bond donors (Lipinski definition) is 2. The summed E-state index contributed by atoms with van der Waals surface area (Å²) >= 11 is 0. The van der Waals surface area contributed by atoms with Crippen molar-refractivity contribution in [2.45, 2.75) is 38.6 Å². The lowest BCUT2D eigenvalue weighted by molar-refractivity contribution is -0.127. The second-order valence-electron chi connectivity index (χ2n) is 6.97. The molecule has 2 saturated carbocycles. The second kappa shape index (κ2) is 6.15. The predicted octanol–water partition coefficient (Wildman–Crippen LogP) is 2.67. The Balaban J connectivity index is 1.71. The third-order valence-electron chi connectivity index (χ3n) is 5.16. The van der Waals surface area contributed by atoms with Crippen LogP contribution in [0.1, 0.15) is 44.2 Å². The lowest BCUT2D eigenvalue weighted by Crippen LogP contribution is -2.35. The fourth-order valence-corrected chi connectivity index (χ4v) is 4.72. The van der Waals surface area contributed by atoms with Crippen LogP contribution in [0.2, 0.25) is 0 Å². The minimum absolute atomic E-state index is 0.110. The van der Waals surface area contributed by atoms with Gasteiger partial charge >= 0.3 is 0 Å². The fraction of sp³-hybridized carbons (Fsp3) is 0.588. The number of amides is 1. The number of sulfonamides is 1. The van der Waals surface area contributed by atoms with Gasteiger partial charge in [-0.25, -0.2) is 8.42 Å². The molecule has 0 heterocycles. The highest BCUT2D eigenvalue weighted by atomic mass is 32.2. The van der Waals surface area contributed by atoms with Crippen molar-refractivity contribution in [3.8, 4) is 0 Å². The molecule has 0 spiro atoms. The Morgan fingerprint density at radius 2 is 1.96 bits per heavy atom. The van der Waals surface area contributed by atoms with Gasteiger partial charge in [0.1, 0.15) is 0 Å². The molecule has 1 amide bonds. The van der Waals surface area contributed by atoms with Crippen LogP contribution < -0.4 is 10.0 Å². The third kappa shape index (κ3) is 3.68. The molecule has 2 fully saturated rings. The van der Waals surface area contributed by atoms with Crippen LogP contribution in [0.4, 0.5) is 5.69 Å². The molecule has 0 unspecified atom stereocenters. The normalized spacial score (nSPS) is 27.7. The molecule has 1 aromatic rings. The molecule has 0 radical (unpaired) electrons. The molecule has 2 aliphatic carbocycles. The van der Waals surface area contributed by atoms with Crippen molar-refractivity contribution in [2.24, 2.45) is 17.8 Å². The van der Waals surface area contributed by atoms with Gasteiger partial charge in [-0.2, -0.15) is 0 Å². The van der Waals surface area contributed by atoms with Crippen molar-refractivity contribution < 1.29 is 13.2 Å². The maximum Gasteiger partial charge on any atom is 0.229 e. The Labute approximate surface area is 137 Å². The fourth-order valence-electron chi connectivity index (χ4n) is 4.13. The molecule has 0 saturated heterocycles. The van der Waals surface area contributed by atoms with E-state index < -0.39 is 10.0 Å². The van der Waals surface area contributed by atoms with E-state index in [1.807, 2.05) is 19.1 Å². The number of fused-ring (bicyclic) bond motifs is 2. The highest BCUT2D eigenvalue weighted by Crippen LogP contribution is 2.48. The van der Waals surface area contributed by atoms with Gasteiger partial charge in [-0.3, -0.25) is 9.52 Å². The molecule has 2 aliphatic rings. The first-order valence-corrected chi connectivity index (χ1v) is 10.1. The minimum atomic E-state index is -3.35. The van der Waals surface area contributed by atoms with Crippen LogP contribution in [0, 0.1) is 17.8 Å². The van der Waals surface area contributed by atoms with Gasteiger partial charge < -0.3 is 5.32 Å². The summed E-state index contributed by atoms with van der Waals surface area (Å²) in [5.74, 6) is 1.51. The molecular weight excluding hydrogens is 312 g/mol. The van der Waals surface area contributed by atoms with Crippen LogP contribution in [0.3, 0.4) is 0 Å². The largest absolute Gasteiger partial charge is 0.349 e. The van der Waals surface area contributed by atoms with Crippen molar-refractivity contribution in [1.82, 2.24) is 5.32 Å². The monoisotopic (exact) mass is 336 g/mol. The average Bonchev–Trinajstić information content (AvgIpc) is 3.08. The Bertz CT molecular complexity index is 702. The summed E-state index contributed by atoms with van der Waals surface area (Å²) < 4.78 is 25.5. The number of carbonyl (C=O) groups excluding carboxylic acids is 1. The summed E-state index contributed by atoms with van der Waals surface area (Å²) in [5.41, 5.74) is 1.31. The van der Waals surface area contributed by atoms with Crippen molar-refractivity contribution in [3.05, 3.63) is 29.8 Å². The predicted molar refractivity (Wildman–Crippen MR) is 90.4 cm³/mol. The zero-order valence-electron chi connectivity index (χ0n) is 13.6. The van der Waals surface area contributed by atoms with Gasteiger partial charge in [-0.05, 0) is 49.7 Å². The number of anilines is 1. The van der Waals surface area contributed by atoms with Gasteiger partial charge in [0.2, 0.25) is 15.9 Å². The van der Waals surface area contributed by atoms with Crippen molar-refractivity contribution in [3.63, 3.8) is 0 Å². The number of benzene rings is 1. The average molecular weight is 336 g/mol. The van der Waals surface area contributed by atoms with Crippen LogP contribution in [0.15, 0.2) is 24.3 Å². The molecule has 4 atom stereocenters. The van der Waals surface area contributed by atoms with E-state index in [1.54, 1.807) is 12.1 Å². The van der Waals surface area contributed by atoms with Gasteiger partial charge in [-0.15, -0.1) is 0 Å². The minimum Gasteiger partial charge on any atom is -0.349 e. The Morgan fingerprint density at radius 1 is 1.22 bits per heavy atom. The van der Waals surface area contributed by atoms with E-state index in [0.717, 1.165) is 24.2 Å². The van der Waals surface area contributed by atoms with Crippen LogP contribution in [0.25, 0.3) is 0 Å². The summed E-state index contributed by atoms with van der Waals surface area (Å²) in [7, 11) is -3.35. The smallest absolute Gasteiger partial charge is 0.229 e. The van der Waals surface area contributed by atoms with E-state index in [2.05, 4.69) is 10.0 Å². The van der Waals surface area contributed by atoms with E-state index >= 15 is 0 Å². The lowest BCUT2D eigenvalue weighted by Gasteiger charge is -2.24. The highest BCUT2D eigenvalue weighted by molar-refractivity contribution is 7.92. The van der Waals surface area contributed by atoms with Crippen molar-refractivity contribution in [1.29, 1.82) is 0 Å². The number of hydrogen-bond acceptors (Lipinski definition) is 3. The first kappa shape index (κ1) is 16.3. The molecule has 0 aliphatic heterocycles. The zero-order chi connectivity index (χ0) is 16.6. The summed E-state index contributed by atoms with van der Waals surface area (Å²) in [6, 6.07) is 6.97. The third-order valence-corrected chi connectivity index (χ3v) is 5.75. The second-order valence-corrected chi connectivity index (χ2v) is 8.72. The number of rotatable bonds is 5. The summed E-state index contributed by atoms with van der Waals surface area (Å²) in [4.78, 5) is 12.6. The Hall–Kier alpha value is -1.56. The number of para-hydroxylation sites is 1. The summed E-state index contributed by atoms with van der Waals surface area (Å²) in [5, 5.41) is 3.08. The molecule has 0 aromatic heterocycles. The standard InChI is InChI=1S/C17H24N2O3S/c1-11(14-5-3-4-6-16(14)19-23(2,21)22)18-17(20)15-10-12-7-8-13(15)9-12/h3-6,11-13,15,19H,7-10H2,1-2H3,(H,18,20)/t11-,12-,13-,15+/m0/s1. The molecular formula is C17H24N2O3S. The van der Waals surface area contributed by atoms with E-state index in [-0.39, 0.29) is 17.9 Å². The quantitative estimate of drug-likeness (QED) is 0.868. The number of carbonyl (C=O) groups is 1. The summed E-state index contributed by atoms with van der Waals surface area (Å²) in [6.07, 6.45) is 5.77. The lowest BCUT2D eigenvalue weighted by atomic mass is 9.88. The molecule has 6 heteroatoms. The van der Waals surface area contributed by atoms with Gasteiger partial charge in [-0.1, -0.05) is 24.6 Å².